The van der Waals surface area contributed by atoms with E-state index in [0.29, 0.717) is 11.3 Å². The summed E-state index contributed by atoms with van der Waals surface area (Å²) < 4.78 is 5.41. The van der Waals surface area contributed by atoms with Crippen molar-refractivity contribution in [2.24, 2.45) is 0 Å². The van der Waals surface area contributed by atoms with E-state index in [4.69, 9.17) is 4.74 Å². The zero-order valence-electron chi connectivity index (χ0n) is 16.6. The number of ether oxygens (including phenoxy) is 1. The van der Waals surface area contributed by atoms with Crippen LogP contribution in [0.3, 0.4) is 0 Å². The van der Waals surface area contributed by atoms with Gasteiger partial charge in [0.2, 0.25) is 0 Å². The van der Waals surface area contributed by atoms with Crippen LogP contribution < -0.4 is 0 Å². The average molecular weight is 398 g/mol. The van der Waals surface area contributed by atoms with Gasteiger partial charge < -0.3 is 9.64 Å². The Hall–Kier alpha value is -2.27. The van der Waals surface area contributed by atoms with Crippen molar-refractivity contribution in [3.8, 4) is 11.1 Å². The quantitative estimate of drug-likeness (QED) is 0.644. The minimum Gasteiger partial charge on any atom is -0.461 e. The largest absolute Gasteiger partial charge is 0.461 e. The maximum Gasteiger partial charge on any atom is 0.330 e. The third-order valence-electron chi connectivity index (χ3n) is 4.73. The molecule has 1 fully saturated rings. The third-order valence-corrected chi connectivity index (χ3v) is 6.08. The lowest BCUT2D eigenvalue weighted by Crippen LogP contribution is -2.46. The van der Waals surface area contributed by atoms with Crippen molar-refractivity contribution < 1.29 is 14.3 Å². The number of hydrogen-bond donors (Lipinski definition) is 0. The van der Waals surface area contributed by atoms with Crippen LogP contribution in [0, 0.1) is 0 Å². The van der Waals surface area contributed by atoms with Crippen molar-refractivity contribution >= 4 is 23.6 Å². The van der Waals surface area contributed by atoms with Crippen LogP contribution in [0.4, 0.5) is 0 Å². The van der Waals surface area contributed by atoms with Gasteiger partial charge in [-0.2, -0.15) is 0 Å². The van der Waals surface area contributed by atoms with E-state index in [2.05, 4.69) is 6.92 Å². The van der Waals surface area contributed by atoms with E-state index < -0.39 is 6.04 Å². The molecular weight excluding hydrogens is 370 g/mol. The van der Waals surface area contributed by atoms with E-state index in [0.717, 1.165) is 24.0 Å². The summed E-state index contributed by atoms with van der Waals surface area (Å²) in [5, 5.41) is 0.0102. The van der Waals surface area contributed by atoms with E-state index in [1.807, 2.05) is 68.4 Å². The van der Waals surface area contributed by atoms with E-state index in [-0.39, 0.29) is 23.4 Å². The highest BCUT2D eigenvalue weighted by Gasteiger charge is 2.42. The van der Waals surface area contributed by atoms with Crippen molar-refractivity contribution in [2.45, 2.75) is 51.1 Å². The number of thioether (sulfide) groups is 1. The molecule has 0 radical (unpaired) electrons. The van der Waals surface area contributed by atoms with Crippen molar-refractivity contribution in [1.29, 1.82) is 0 Å². The van der Waals surface area contributed by atoms with Crippen LogP contribution >= 0.6 is 11.8 Å². The van der Waals surface area contributed by atoms with E-state index in [1.54, 1.807) is 16.7 Å². The van der Waals surface area contributed by atoms with Gasteiger partial charge in [-0.15, -0.1) is 11.8 Å². The highest BCUT2D eigenvalue weighted by Crippen LogP contribution is 2.34. The maximum atomic E-state index is 13.3. The molecule has 4 nitrogen and oxygen atoms in total. The molecule has 0 aromatic heterocycles. The molecule has 2 aromatic rings. The zero-order chi connectivity index (χ0) is 20.1. The van der Waals surface area contributed by atoms with Crippen LogP contribution in [0.1, 0.15) is 44.0 Å². The van der Waals surface area contributed by atoms with Crippen LogP contribution in [-0.4, -0.2) is 40.0 Å². The molecule has 0 saturated carbocycles. The zero-order valence-corrected chi connectivity index (χ0v) is 17.4. The van der Waals surface area contributed by atoms with Crippen molar-refractivity contribution in [3.63, 3.8) is 0 Å². The molecule has 28 heavy (non-hydrogen) atoms. The Kier molecular flexibility index (Phi) is 6.79. The first-order valence-corrected chi connectivity index (χ1v) is 10.9. The summed E-state index contributed by atoms with van der Waals surface area (Å²) in [7, 11) is 0. The number of benzene rings is 2. The van der Waals surface area contributed by atoms with E-state index in [9.17, 15) is 9.59 Å². The van der Waals surface area contributed by atoms with Gasteiger partial charge >= 0.3 is 5.97 Å². The second-order valence-electron chi connectivity index (χ2n) is 7.23. The number of carbonyl (C=O) groups excluding carboxylic acids is 2. The summed E-state index contributed by atoms with van der Waals surface area (Å²) in [6.45, 7) is 5.76. The highest BCUT2D eigenvalue weighted by atomic mass is 32.2. The van der Waals surface area contributed by atoms with E-state index in [1.165, 1.54) is 0 Å². The fraction of sp³-hybridized carbons (Fsp3) is 0.391. The first-order valence-electron chi connectivity index (χ1n) is 9.81. The summed E-state index contributed by atoms with van der Waals surface area (Å²) in [5.74, 6) is 0.175. The average Bonchev–Trinajstić information content (AvgIpc) is 3.12. The lowest BCUT2D eigenvalue weighted by molar-refractivity contribution is -0.151. The molecule has 1 saturated heterocycles. The van der Waals surface area contributed by atoms with Gasteiger partial charge in [-0.3, -0.25) is 4.79 Å². The molecular formula is C23H27NO3S. The van der Waals surface area contributed by atoms with Crippen molar-refractivity contribution in [1.82, 2.24) is 4.90 Å². The fourth-order valence-corrected chi connectivity index (χ4v) is 4.89. The molecule has 2 unspecified atom stereocenters. The summed E-state index contributed by atoms with van der Waals surface area (Å²) in [6, 6.07) is 17.2. The SMILES string of the molecule is CCCC1SCC(C(=O)OC(C)C)N1C(=O)c1ccc(-c2ccccc2)cc1. The van der Waals surface area contributed by atoms with Crippen LogP contribution in [0.2, 0.25) is 0 Å². The number of hydrogen-bond acceptors (Lipinski definition) is 4. The van der Waals surface area contributed by atoms with Crippen LogP contribution in [0.25, 0.3) is 11.1 Å². The monoisotopic (exact) mass is 397 g/mol. The Bertz CT molecular complexity index is 804. The second-order valence-corrected chi connectivity index (χ2v) is 8.44. The van der Waals surface area contributed by atoms with E-state index >= 15 is 0 Å². The number of rotatable bonds is 6. The third kappa shape index (κ3) is 4.58. The van der Waals surface area contributed by atoms with Gasteiger partial charge in [0, 0.05) is 11.3 Å². The highest BCUT2D eigenvalue weighted by molar-refractivity contribution is 8.00. The Morgan fingerprint density at radius 2 is 1.71 bits per heavy atom. The molecule has 1 aliphatic heterocycles. The molecule has 148 valence electrons. The van der Waals surface area contributed by atoms with Gasteiger partial charge in [-0.25, -0.2) is 4.79 Å². The lowest BCUT2D eigenvalue weighted by Gasteiger charge is -2.28. The fourth-order valence-electron chi connectivity index (χ4n) is 3.38. The molecule has 1 heterocycles. The predicted molar refractivity (Wildman–Crippen MR) is 114 cm³/mol. The Morgan fingerprint density at radius 1 is 1.07 bits per heavy atom. The van der Waals surface area contributed by atoms with Gasteiger partial charge in [-0.05, 0) is 43.5 Å². The molecule has 0 aliphatic carbocycles. The number of esters is 1. The number of nitrogens with zero attached hydrogens (tertiary/aromatic N) is 1. The molecule has 2 atom stereocenters. The predicted octanol–water partition coefficient (Wildman–Crippen LogP) is 4.99. The Labute approximate surface area is 171 Å². The van der Waals surface area contributed by atoms with Crippen molar-refractivity contribution in [3.05, 3.63) is 60.2 Å². The summed E-state index contributed by atoms with van der Waals surface area (Å²) in [4.78, 5) is 27.6. The standard InChI is InChI=1S/C23H27NO3S/c1-4-8-21-24(20(15-28-21)23(26)27-16(2)3)22(25)19-13-11-18(12-14-19)17-9-6-5-7-10-17/h5-7,9-14,16,20-21H,4,8,15H2,1-3H3. The minimum absolute atomic E-state index is 0.0102. The molecule has 0 spiro atoms. The minimum atomic E-state index is -0.523. The summed E-state index contributed by atoms with van der Waals surface area (Å²) >= 11 is 1.67. The van der Waals surface area contributed by atoms with Gasteiger partial charge in [0.1, 0.15) is 6.04 Å². The van der Waals surface area contributed by atoms with Gasteiger partial charge in [0.25, 0.3) is 5.91 Å². The first-order chi connectivity index (χ1) is 13.5. The molecule has 5 heteroatoms. The smallest absolute Gasteiger partial charge is 0.330 e. The first kappa shape index (κ1) is 20.5. The molecule has 1 amide bonds. The topological polar surface area (TPSA) is 46.6 Å². The van der Waals surface area contributed by atoms with Gasteiger partial charge in [0.05, 0.1) is 11.5 Å². The Balaban J connectivity index is 1.83. The summed E-state index contributed by atoms with van der Waals surface area (Å²) in [6.07, 6.45) is 1.63. The molecule has 2 aromatic carbocycles. The molecule has 0 bridgehead atoms. The van der Waals surface area contributed by atoms with Gasteiger partial charge in [-0.1, -0.05) is 55.8 Å². The molecule has 1 aliphatic rings. The Morgan fingerprint density at radius 3 is 2.32 bits per heavy atom. The van der Waals surface area contributed by atoms with Crippen LogP contribution in [-0.2, 0) is 9.53 Å². The van der Waals surface area contributed by atoms with Crippen LogP contribution in [0.15, 0.2) is 54.6 Å². The second kappa shape index (κ2) is 9.28. The summed E-state index contributed by atoms with van der Waals surface area (Å²) in [5.41, 5.74) is 2.78. The molecule has 3 rings (SSSR count). The lowest BCUT2D eigenvalue weighted by atomic mass is 10.0. The van der Waals surface area contributed by atoms with Crippen molar-refractivity contribution in [2.75, 3.05) is 5.75 Å². The molecule has 0 N–H and O–H groups in total. The van der Waals surface area contributed by atoms with Crippen LogP contribution in [0.5, 0.6) is 0 Å². The normalized spacial score (nSPS) is 19.1. The number of amides is 1. The van der Waals surface area contributed by atoms with Gasteiger partial charge in [0.15, 0.2) is 0 Å². The maximum absolute atomic E-state index is 13.3. The number of carbonyl (C=O) groups is 2.